The lowest BCUT2D eigenvalue weighted by molar-refractivity contribution is 0.151. The Hall–Kier alpha value is -3.66. The summed E-state index contributed by atoms with van der Waals surface area (Å²) in [6.07, 6.45) is 12.3. The standard InChI is InChI=1S/C24H29N9O/c1-17-5-2-6-18(15-17)31-12-10-30(11-13-31)8-4-9-32-22-19(16-26-32)23-27-21(20-7-3-14-34-20)29-33(23)24(25)28-22/h2-3,5-7,14,16-17H,4,8-13,15H2,1H3,(H2,25,28). The summed E-state index contributed by atoms with van der Waals surface area (Å²) in [6.45, 7) is 8.48. The molecule has 6 rings (SSSR count). The maximum Gasteiger partial charge on any atom is 0.225 e. The quantitative estimate of drug-likeness (QED) is 0.469. The minimum atomic E-state index is 0.284. The molecule has 0 radical (unpaired) electrons. The van der Waals surface area contributed by atoms with E-state index >= 15 is 0 Å². The predicted octanol–water partition coefficient (Wildman–Crippen LogP) is 2.80. The molecule has 0 bridgehead atoms. The van der Waals surface area contributed by atoms with E-state index in [1.807, 2.05) is 10.7 Å². The molecule has 1 atom stereocenters. The number of aryl methyl sites for hydroxylation is 1. The number of hydrogen-bond acceptors (Lipinski definition) is 8. The van der Waals surface area contributed by atoms with Gasteiger partial charge in [0.15, 0.2) is 17.1 Å². The molecular formula is C24H29N9O. The van der Waals surface area contributed by atoms with Gasteiger partial charge in [0.2, 0.25) is 11.8 Å². The summed E-state index contributed by atoms with van der Waals surface area (Å²) in [5, 5.41) is 9.86. The highest BCUT2D eigenvalue weighted by Gasteiger charge is 2.21. The second-order valence-corrected chi connectivity index (χ2v) is 9.13. The van der Waals surface area contributed by atoms with Crippen molar-refractivity contribution in [1.29, 1.82) is 0 Å². The fourth-order valence-corrected chi connectivity index (χ4v) is 4.89. The number of fused-ring (bicyclic) bond motifs is 3. The molecule has 5 heterocycles. The van der Waals surface area contributed by atoms with Crippen LogP contribution in [0.5, 0.6) is 0 Å². The summed E-state index contributed by atoms with van der Waals surface area (Å²) in [5.41, 5.74) is 9.06. The number of aromatic nitrogens is 6. The number of rotatable bonds is 6. The van der Waals surface area contributed by atoms with Crippen LogP contribution in [-0.2, 0) is 6.54 Å². The molecule has 2 aliphatic rings. The Bertz CT molecular complexity index is 1360. The van der Waals surface area contributed by atoms with Gasteiger partial charge in [-0.15, -0.1) is 5.10 Å². The van der Waals surface area contributed by atoms with Gasteiger partial charge < -0.3 is 15.1 Å². The number of hydrogen-bond donors (Lipinski definition) is 1. The van der Waals surface area contributed by atoms with Crippen molar-refractivity contribution in [2.24, 2.45) is 5.92 Å². The number of piperazine rings is 1. The number of allylic oxidation sites excluding steroid dienone is 4. The summed E-state index contributed by atoms with van der Waals surface area (Å²) in [7, 11) is 0. The van der Waals surface area contributed by atoms with Crippen molar-refractivity contribution in [1.82, 2.24) is 39.2 Å². The fourth-order valence-electron chi connectivity index (χ4n) is 4.89. The first-order valence-corrected chi connectivity index (χ1v) is 11.9. The molecule has 4 aromatic rings. The van der Waals surface area contributed by atoms with E-state index in [0.29, 0.717) is 23.1 Å². The summed E-state index contributed by atoms with van der Waals surface area (Å²) < 4.78 is 8.89. The molecule has 10 nitrogen and oxygen atoms in total. The lowest BCUT2D eigenvalue weighted by Crippen LogP contribution is -2.46. The van der Waals surface area contributed by atoms with Gasteiger partial charge in [0.25, 0.3) is 0 Å². The van der Waals surface area contributed by atoms with Crippen LogP contribution in [0.1, 0.15) is 19.8 Å². The lowest BCUT2D eigenvalue weighted by atomic mass is 9.99. The van der Waals surface area contributed by atoms with Gasteiger partial charge in [-0.25, -0.2) is 9.67 Å². The monoisotopic (exact) mass is 459 g/mol. The zero-order chi connectivity index (χ0) is 23.1. The Morgan fingerprint density at radius 1 is 1.12 bits per heavy atom. The first-order chi connectivity index (χ1) is 16.7. The normalized spacial score (nSPS) is 19.4. The molecule has 0 aromatic carbocycles. The van der Waals surface area contributed by atoms with E-state index in [9.17, 15) is 0 Å². The second kappa shape index (κ2) is 8.60. The molecule has 34 heavy (non-hydrogen) atoms. The van der Waals surface area contributed by atoms with Crippen LogP contribution in [-0.4, -0.2) is 71.9 Å². The third kappa shape index (κ3) is 3.83. The van der Waals surface area contributed by atoms with Crippen molar-refractivity contribution < 1.29 is 4.42 Å². The summed E-state index contributed by atoms with van der Waals surface area (Å²) in [6, 6.07) is 3.63. The number of nitrogen functional groups attached to an aromatic ring is 1. The summed E-state index contributed by atoms with van der Waals surface area (Å²) >= 11 is 0. The van der Waals surface area contributed by atoms with Gasteiger partial charge in [-0.2, -0.15) is 14.6 Å². The Labute approximate surface area is 197 Å². The maximum absolute atomic E-state index is 6.20. The third-order valence-corrected chi connectivity index (χ3v) is 6.72. The molecule has 4 aromatic heterocycles. The van der Waals surface area contributed by atoms with Gasteiger partial charge >= 0.3 is 0 Å². The Morgan fingerprint density at radius 3 is 2.79 bits per heavy atom. The Kier molecular flexibility index (Phi) is 5.29. The van der Waals surface area contributed by atoms with Crippen LogP contribution in [0.25, 0.3) is 28.3 Å². The number of furan rings is 1. The second-order valence-electron chi connectivity index (χ2n) is 9.13. The van der Waals surface area contributed by atoms with Crippen molar-refractivity contribution in [3.8, 4) is 11.6 Å². The minimum Gasteiger partial charge on any atom is -0.461 e. The molecule has 176 valence electrons. The average Bonchev–Trinajstić information content (AvgIpc) is 3.60. The summed E-state index contributed by atoms with van der Waals surface area (Å²) in [5.74, 6) is 1.99. The number of nitrogens with two attached hydrogens (primary N) is 1. The third-order valence-electron chi connectivity index (χ3n) is 6.72. The summed E-state index contributed by atoms with van der Waals surface area (Å²) in [4.78, 5) is 14.3. The average molecular weight is 460 g/mol. The highest BCUT2D eigenvalue weighted by atomic mass is 16.3. The van der Waals surface area contributed by atoms with Crippen molar-refractivity contribution in [3.05, 3.63) is 48.5 Å². The zero-order valence-electron chi connectivity index (χ0n) is 19.3. The van der Waals surface area contributed by atoms with Crippen LogP contribution in [0, 0.1) is 5.92 Å². The van der Waals surface area contributed by atoms with Crippen molar-refractivity contribution in [2.45, 2.75) is 26.3 Å². The van der Waals surface area contributed by atoms with E-state index in [4.69, 9.17) is 10.2 Å². The minimum absolute atomic E-state index is 0.284. The van der Waals surface area contributed by atoms with E-state index in [2.05, 4.69) is 55.1 Å². The van der Waals surface area contributed by atoms with Crippen molar-refractivity contribution >= 4 is 22.6 Å². The first-order valence-electron chi connectivity index (χ1n) is 11.9. The predicted molar refractivity (Wildman–Crippen MR) is 130 cm³/mol. The highest BCUT2D eigenvalue weighted by molar-refractivity contribution is 5.90. The molecule has 2 N–H and O–H groups in total. The van der Waals surface area contributed by atoms with Crippen molar-refractivity contribution in [2.75, 3.05) is 38.5 Å². The number of anilines is 1. The molecule has 0 spiro atoms. The van der Waals surface area contributed by atoms with E-state index in [0.717, 1.165) is 63.1 Å². The van der Waals surface area contributed by atoms with Crippen molar-refractivity contribution in [3.63, 3.8) is 0 Å². The molecule has 0 amide bonds. The largest absolute Gasteiger partial charge is 0.461 e. The molecule has 1 unspecified atom stereocenters. The van der Waals surface area contributed by atoms with Crippen LogP contribution in [0.2, 0.25) is 0 Å². The Morgan fingerprint density at radius 2 is 2.00 bits per heavy atom. The van der Waals surface area contributed by atoms with Gasteiger partial charge in [-0.1, -0.05) is 19.1 Å². The number of nitrogens with zero attached hydrogens (tertiary/aromatic N) is 8. The lowest BCUT2D eigenvalue weighted by Gasteiger charge is -2.38. The fraction of sp³-hybridized carbons (Fsp3) is 0.417. The van der Waals surface area contributed by atoms with Crippen LogP contribution in [0.15, 0.2) is 52.9 Å². The molecule has 1 saturated heterocycles. The SMILES string of the molecule is CC1C=CC=C(N2CCN(CCCn3ncc4c3nc(N)n3nc(-c5ccco5)nc43)CC2)C1. The highest BCUT2D eigenvalue weighted by Crippen LogP contribution is 2.24. The smallest absolute Gasteiger partial charge is 0.225 e. The van der Waals surface area contributed by atoms with E-state index in [1.165, 1.54) is 5.70 Å². The van der Waals surface area contributed by atoms with E-state index in [1.54, 1.807) is 23.0 Å². The van der Waals surface area contributed by atoms with Crippen LogP contribution >= 0.6 is 0 Å². The van der Waals surface area contributed by atoms with Crippen LogP contribution in [0.4, 0.5) is 5.95 Å². The van der Waals surface area contributed by atoms with Crippen LogP contribution < -0.4 is 5.73 Å². The first kappa shape index (κ1) is 20.9. The zero-order valence-corrected chi connectivity index (χ0v) is 19.3. The molecule has 0 saturated carbocycles. The Balaban J connectivity index is 1.10. The van der Waals surface area contributed by atoms with Gasteiger partial charge in [0, 0.05) is 45.0 Å². The molecule has 10 heteroatoms. The maximum atomic E-state index is 6.20. The van der Waals surface area contributed by atoms with Gasteiger partial charge in [0.1, 0.15) is 0 Å². The van der Waals surface area contributed by atoms with E-state index in [-0.39, 0.29) is 5.95 Å². The van der Waals surface area contributed by atoms with Gasteiger partial charge in [0.05, 0.1) is 17.8 Å². The molecule has 1 aliphatic heterocycles. The van der Waals surface area contributed by atoms with E-state index < -0.39 is 0 Å². The topological polar surface area (TPSA) is 107 Å². The molecule has 1 aliphatic carbocycles. The molecule has 1 fully saturated rings. The van der Waals surface area contributed by atoms with Gasteiger partial charge in [-0.05, 0) is 37.0 Å². The van der Waals surface area contributed by atoms with Crippen LogP contribution in [0.3, 0.4) is 0 Å². The molecular weight excluding hydrogens is 430 g/mol. The van der Waals surface area contributed by atoms with Gasteiger partial charge in [-0.3, -0.25) is 4.90 Å².